The fraction of sp³-hybridized carbons (Fsp3) is 0.533. The first-order valence-electron chi connectivity index (χ1n) is 6.98. The molecular weight excluding hydrogens is 238 g/mol. The number of aryl methyl sites for hydroxylation is 1. The van der Waals surface area contributed by atoms with Crippen molar-refractivity contribution in [2.45, 2.75) is 32.7 Å². The normalized spacial score (nSPS) is 17.6. The van der Waals surface area contributed by atoms with Gasteiger partial charge in [-0.3, -0.25) is 0 Å². The highest BCUT2D eigenvalue weighted by Gasteiger charge is 2.34. The van der Waals surface area contributed by atoms with Gasteiger partial charge in [0.25, 0.3) is 0 Å². The molecule has 1 heterocycles. The molecule has 4 heteroatoms. The minimum absolute atomic E-state index is 0.354. The van der Waals surface area contributed by atoms with E-state index >= 15 is 0 Å². The lowest BCUT2D eigenvalue weighted by molar-refractivity contribution is 0.141. The maximum atomic E-state index is 5.86. The van der Waals surface area contributed by atoms with Crippen LogP contribution in [-0.4, -0.2) is 18.1 Å². The Morgan fingerprint density at radius 1 is 1.42 bits per heavy atom. The minimum Gasteiger partial charge on any atom is -0.441 e. The molecule has 0 saturated heterocycles. The summed E-state index contributed by atoms with van der Waals surface area (Å²) < 4.78 is 5.55. The Balaban J connectivity index is 1.62. The highest BCUT2D eigenvalue weighted by atomic mass is 16.3. The zero-order chi connectivity index (χ0) is 13.3. The molecule has 1 saturated carbocycles. The maximum Gasteiger partial charge on any atom is 0.192 e. The molecule has 3 N–H and O–H groups in total. The second-order valence-corrected chi connectivity index (χ2v) is 5.70. The Morgan fingerprint density at radius 3 is 2.95 bits per heavy atom. The van der Waals surface area contributed by atoms with E-state index in [2.05, 4.69) is 22.4 Å². The van der Waals surface area contributed by atoms with Gasteiger partial charge < -0.3 is 15.5 Å². The number of nitrogens with zero attached hydrogens (tertiary/aromatic N) is 1. The molecular formula is C15H21N3O. The third-order valence-electron chi connectivity index (χ3n) is 4.24. The van der Waals surface area contributed by atoms with Crippen LogP contribution in [-0.2, 0) is 6.54 Å². The molecule has 0 radical (unpaired) electrons. The summed E-state index contributed by atoms with van der Waals surface area (Å²) in [5.74, 6) is 0.719. The van der Waals surface area contributed by atoms with Crippen LogP contribution in [0, 0.1) is 12.3 Å². The van der Waals surface area contributed by atoms with Gasteiger partial charge in [-0.15, -0.1) is 0 Å². The summed E-state index contributed by atoms with van der Waals surface area (Å²) in [5.41, 5.74) is 9.25. The van der Waals surface area contributed by atoms with E-state index in [1.807, 2.05) is 13.0 Å². The Kier molecular flexibility index (Phi) is 3.29. The molecule has 1 aliphatic carbocycles. The second kappa shape index (κ2) is 4.94. The lowest BCUT2D eigenvalue weighted by Gasteiger charge is -2.41. The molecule has 1 aromatic heterocycles. The standard InChI is InChI=1S/C15H21N3O/c1-11-18-13-4-3-12(7-14(13)19-11)8-17-10-15(9-16)5-2-6-15/h3-4,7,17H,2,5-6,8-10,16H2,1H3. The molecule has 2 aromatic rings. The van der Waals surface area contributed by atoms with Crippen LogP contribution in [0.25, 0.3) is 11.1 Å². The number of benzene rings is 1. The monoisotopic (exact) mass is 259 g/mol. The lowest BCUT2D eigenvalue weighted by Crippen LogP contribution is -2.45. The van der Waals surface area contributed by atoms with Crippen molar-refractivity contribution < 1.29 is 4.42 Å². The first-order chi connectivity index (χ1) is 9.21. The summed E-state index contributed by atoms with van der Waals surface area (Å²) in [4.78, 5) is 4.31. The molecule has 0 bridgehead atoms. The van der Waals surface area contributed by atoms with Gasteiger partial charge in [0.1, 0.15) is 5.52 Å². The molecule has 1 fully saturated rings. The fourth-order valence-corrected chi connectivity index (χ4v) is 2.80. The predicted molar refractivity (Wildman–Crippen MR) is 75.8 cm³/mol. The Hall–Kier alpha value is -1.39. The fourth-order valence-electron chi connectivity index (χ4n) is 2.80. The molecule has 102 valence electrons. The van der Waals surface area contributed by atoms with Crippen molar-refractivity contribution in [3.8, 4) is 0 Å². The topological polar surface area (TPSA) is 64.1 Å². The van der Waals surface area contributed by atoms with E-state index in [0.717, 1.165) is 36.6 Å². The van der Waals surface area contributed by atoms with E-state index in [9.17, 15) is 0 Å². The van der Waals surface area contributed by atoms with Crippen LogP contribution in [0.2, 0.25) is 0 Å². The van der Waals surface area contributed by atoms with Gasteiger partial charge in [-0.1, -0.05) is 12.5 Å². The summed E-state index contributed by atoms with van der Waals surface area (Å²) in [6.45, 7) is 4.54. The average Bonchev–Trinajstić information content (AvgIpc) is 2.72. The number of hydrogen-bond acceptors (Lipinski definition) is 4. The number of nitrogens with one attached hydrogen (secondary N) is 1. The zero-order valence-electron chi connectivity index (χ0n) is 11.4. The van der Waals surface area contributed by atoms with E-state index in [0.29, 0.717) is 5.41 Å². The molecule has 0 unspecified atom stereocenters. The molecule has 0 atom stereocenters. The van der Waals surface area contributed by atoms with Gasteiger partial charge in [0.2, 0.25) is 0 Å². The Labute approximate surface area is 113 Å². The highest BCUT2D eigenvalue weighted by molar-refractivity contribution is 5.73. The molecule has 0 amide bonds. The van der Waals surface area contributed by atoms with Crippen LogP contribution in [0.5, 0.6) is 0 Å². The van der Waals surface area contributed by atoms with Crippen molar-refractivity contribution in [1.29, 1.82) is 0 Å². The van der Waals surface area contributed by atoms with Gasteiger partial charge in [-0.05, 0) is 42.5 Å². The third kappa shape index (κ3) is 2.51. The summed E-state index contributed by atoms with van der Waals surface area (Å²) in [6.07, 6.45) is 3.84. The zero-order valence-corrected chi connectivity index (χ0v) is 11.4. The average molecular weight is 259 g/mol. The van der Waals surface area contributed by atoms with Gasteiger partial charge >= 0.3 is 0 Å². The molecule has 1 aliphatic rings. The molecule has 19 heavy (non-hydrogen) atoms. The number of aromatic nitrogens is 1. The number of rotatable bonds is 5. The quantitative estimate of drug-likeness (QED) is 0.865. The van der Waals surface area contributed by atoms with Crippen LogP contribution in [0.3, 0.4) is 0 Å². The van der Waals surface area contributed by atoms with Crippen LogP contribution in [0.15, 0.2) is 22.6 Å². The van der Waals surface area contributed by atoms with Gasteiger partial charge in [-0.2, -0.15) is 0 Å². The summed E-state index contributed by atoms with van der Waals surface area (Å²) in [6, 6.07) is 6.19. The van der Waals surface area contributed by atoms with Crippen molar-refractivity contribution in [3.63, 3.8) is 0 Å². The summed E-state index contributed by atoms with van der Waals surface area (Å²) in [7, 11) is 0. The summed E-state index contributed by atoms with van der Waals surface area (Å²) in [5, 5.41) is 3.52. The number of hydrogen-bond donors (Lipinski definition) is 2. The second-order valence-electron chi connectivity index (χ2n) is 5.70. The van der Waals surface area contributed by atoms with Gasteiger partial charge in [0.15, 0.2) is 11.5 Å². The van der Waals surface area contributed by atoms with E-state index in [4.69, 9.17) is 10.2 Å². The highest BCUT2D eigenvalue weighted by Crippen LogP contribution is 2.39. The third-order valence-corrected chi connectivity index (χ3v) is 4.24. The van der Waals surface area contributed by atoms with Gasteiger partial charge in [0, 0.05) is 20.0 Å². The van der Waals surface area contributed by atoms with E-state index < -0.39 is 0 Å². The molecule has 0 aliphatic heterocycles. The Bertz CT molecular complexity index is 566. The molecule has 4 nitrogen and oxygen atoms in total. The van der Waals surface area contributed by atoms with Crippen molar-refractivity contribution in [2.24, 2.45) is 11.1 Å². The van der Waals surface area contributed by atoms with E-state index in [-0.39, 0.29) is 0 Å². The van der Waals surface area contributed by atoms with Crippen LogP contribution < -0.4 is 11.1 Å². The minimum atomic E-state index is 0.354. The van der Waals surface area contributed by atoms with Crippen molar-refractivity contribution >= 4 is 11.1 Å². The first kappa shape index (κ1) is 12.6. The number of nitrogens with two attached hydrogens (primary N) is 1. The largest absolute Gasteiger partial charge is 0.441 e. The van der Waals surface area contributed by atoms with E-state index in [1.165, 1.54) is 24.8 Å². The van der Waals surface area contributed by atoms with Crippen LogP contribution in [0.1, 0.15) is 30.7 Å². The summed E-state index contributed by atoms with van der Waals surface area (Å²) >= 11 is 0. The molecule has 3 rings (SSSR count). The molecule has 1 aromatic carbocycles. The number of fused-ring (bicyclic) bond motifs is 1. The Morgan fingerprint density at radius 2 is 2.26 bits per heavy atom. The van der Waals surface area contributed by atoms with Gasteiger partial charge in [-0.25, -0.2) is 4.98 Å². The van der Waals surface area contributed by atoms with Gasteiger partial charge in [0.05, 0.1) is 0 Å². The van der Waals surface area contributed by atoms with E-state index in [1.54, 1.807) is 0 Å². The maximum absolute atomic E-state index is 5.86. The van der Waals surface area contributed by atoms with Crippen LogP contribution >= 0.6 is 0 Å². The lowest BCUT2D eigenvalue weighted by atomic mass is 9.69. The number of oxazole rings is 1. The van der Waals surface area contributed by atoms with Crippen molar-refractivity contribution in [2.75, 3.05) is 13.1 Å². The predicted octanol–water partition coefficient (Wildman–Crippen LogP) is 2.35. The molecule has 0 spiro atoms. The van der Waals surface area contributed by atoms with Crippen molar-refractivity contribution in [1.82, 2.24) is 10.3 Å². The van der Waals surface area contributed by atoms with Crippen LogP contribution in [0.4, 0.5) is 0 Å². The SMILES string of the molecule is Cc1nc2ccc(CNCC3(CN)CCC3)cc2o1. The first-order valence-corrected chi connectivity index (χ1v) is 6.98. The van der Waals surface area contributed by atoms with Crippen molar-refractivity contribution in [3.05, 3.63) is 29.7 Å². The smallest absolute Gasteiger partial charge is 0.192 e.